The number of carbonyl (C=O) groups is 2. The van der Waals surface area contributed by atoms with Crippen LogP contribution in [0, 0.1) is 5.82 Å². The number of benzene rings is 3. The van der Waals surface area contributed by atoms with Crippen LogP contribution in [-0.4, -0.2) is 16.1 Å². The number of ketones is 1. The summed E-state index contributed by atoms with van der Waals surface area (Å²) in [6.45, 7) is 0. The third-order valence-electron chi connectivity index (χ3n) is 5.42. The van der Waals surface area contributed by atoms with Crippen LogP contribution in [-0.2, 0) is 4.79 Å². The molecule has 0 radical (unpaired) electrons. The summed E-state index contributed by atoms with van der Waals surface area (Å²) in [6.07, 6.45) is 1.70. The normalized spacial score (nSPS) is 10.8. The topological polar surface area (TPSA) is 59.8 Å². The molecule has 0 unspecified atom stereocenters. The molecule has 2 heterocycles. The van der Waals surface area contributed by atoms with Crippen LogP contribution in [0.4, 0.5) is 10.1 Å². The second-order valence-corrected chi connectivity index (χ2v) is 8.18. The van der Waals surface area contributed by atoms with Gasteiger partial charge in [0.2, 0.25) is 0 Å². The first-order chi connectivity index (χ1) is 17.0. The number of nitrogens with one attached hydrogen (secondary N) is 1. The molecule has 0 fully saturated rings. The van der Waals surface area contributed by atoms with Crippen LogP contribution >= 0.6 is 11.6 Å². The van der Waals surface area contributed by atoms with Crippen molar-refractivity contribution in [3.8, 4) is 22.6 Å². The van der Waals surface area contributed by atoms with Crippen molar-refractivity contribution in [2.45, 2.75) is 0 Å². The minimum absolute atomic E-state index is 0.164. The van der Waals surface area contributed by atoms with Crippen LogP contribution in [0.5, 0.6) is 11.5 Å². The fourth-order valence-electron chi connectivity index (χ4n) is 3.80. The first-order valence-electron chi connectivity index (χ1n) is 10.7. The van der Waals surface area contributed by atoms with Crippen LogP contribution in [0.3, 0.4) is 0 Å². The van der Waals surface area contributed by atoms with Gasteiger partial charge in [0, 0.05) is 22.3 Å². The molecule has 0 atom stereocenters. The number of pyridine rings is 1. The molecule has 172 valence electrons. The Bertz CT molecular complexity index is 1550. The van der Waals surface area contributed by atoms with E-state index in [9.17, 15) is 14.0 Å². The van der Waals surface area contributed by atoms with Gasteiger partial charge in [-0.2, -0.15) is 0 Å². The number of fused-ring (bicyclic) bond motifs is 1. The smallest absolute Gasteiger partial charge is 0.298 e. The Morgan fingerprint density at radius 2 is 1.60 bits per heavy atom. The quantitative estimate of drug-likeness (QED) is 0.208. The molecule has 0 aliphatic heterocycles. The van der Waals surface area contributed by atoms with Gasteiger partial charge in [0.1, 0.15) is 17.3 Å². The molecule has 0 saturated carbocycles. The van der Waals surface area contributed by atoms with E-state index in [1.165, 1.54) is 18.2 Å². The van der Waals surface area contributed by atoms with Gasteiger partial charge in [-0.25, -0.2) is 4.39 Å². The number of hydrogen-bond donors (Lipinski definition) is 1. The summed E-state index contributed by atoms with van der Waals surface area (Å²) in [6, 6.07) is 26.8. The molecule has 1 amide bonds. The monoisotopic (exact) mass is 484 g/mol. The lowest BCUT2D eigenvalue weighted by Crippen LogP contribution is -2.25. The van der Waals surface area contributed by atoms with Gasteiger partial charge < -0.3 is 14.5 Å². The lowest BCUT2D eigenvalue weighted by molar-refractivity contribution is -0.112. The molecule has 0 aliphatic carbocycles. The zero-order valence-electron chi connectivity index (χ0n) is 18.2. The Morgan fingerprint density at radius 3 is 2.37 bits per heavy atom. The van der Waals surface area contributed by atoms with Crippen LogP contribution < -0.4 is 10.1 Å². The van der Waals surface area contributed by atoms with Crippen molar-refractivity contribution in [2.24, 2.45) is 0 Å². The summed E-state index contributed by atoms with van der Waals surface area (Å²) in [5.74, 6) is -1.12. The van der Waals surface area contributed by atoms with E-state index in [4.69, 9.17) is 16.3 Å². The molecule has 3 aromatic carbocycles. The predicted molar refractivity (Wildman–Crippen MR) is 134 cm³/mol. The van der Waals surface area contributed by atoms with Gasteiger partial charge in [0.25, 0.3) is 11.7 Å². The Balaban J connectivity index is 1.51. The fraction of sp³-hybridized carbons (Fsp3) is 0. The third kappa shape index (κ3) is 4.65. The zero-order valence-corrected chi connectivity index (χ0v) is 19.0. The minimum atomic E-state index is -0.864. The number of para-hydroxylation sites is 1. The molecule has 35 heavy (non-hydrogen) atoms. The molecule has 0 saturated heterocycles. The molecular weight excluding hydrogens is 467 g/mol. The summed E-state index contributed by atoms with van der Waals surface area (Å²) in [7, 11) is 0. The number of nitrogens with zero attached hydrogens (tertiary/aromatic N) is 1. The van der Waals surface area contributed by atoms with Crippen molar-refractivity contribution in [2.75, 3.05) is 5.32 Å². The van der Waals surface area contributed by atoms with E-state index in [-0.39, 0.29) is 11.4 Å². The number of amides is 1. The minimum Gasteiger partial charge on any atom is -0.455 e. The van der Waals surface area contributed by atoms with Gasteiger partial charge in [0.15, 0.2) is 5.75 Å². The zero-order chi connectivity index (χ0) is 24.4. The van der Waals surface area contributed by atoms with Crippen molar-refractivity contribution in [3.63, 3.8) is 0 Å². The SMILES string of the molecule is O=C(Nc1cc(Cl)ccc1Oc1ccccc1)C(=O)c1c(-c2ccc(F)cc2)cc2ccccn12. The largest absolute Gasteiger partial charge is 0.455 e. The van der Waals surface area contributed by atoms with Gasteiger partial charge in [-0.3, -0.25) is 9.59 Å². The summed E-state index contributed by atoms with van der Waals surface area (Å²) in [4.78, 5) is 26.6. The first-order valence-corrected chi connectivity index (χ1v) is 11.1. The number of aromatic nitrogens is 1. The van der Waals surface area contributed by atoms with Crippen molar-refractivity contribution in [1.82, 2.24) is 4.40 Å². The number of rotatable bonds is 6. The third-order valence-corrected chi connectivity index (χ3v) is 5.65. The summed E-state index contributed by atoms with van der Waals surface area (Å²) in [5, 5.41) is 3.01. The van der Waals surface area contributed by atoms with Gasteiger partial charge >= 0.3 is 0 Å². The van der Waals surface area contributed by atoms with Crippen LogP contribution in [0.2, 0.25) is 5.02 Å². The maximum Gasteiger partial charge on any atom is 0.298 e. The fourth-order valence-corrected chi connectivity index (χ4v) is 3.97. The maximum absolute atomic E-state index is 13.5. The summed E-state index contributed by atoms with van der Waals surface area (Å²) < 4.78 is 21.0. The number of Topliss-reactive ketones (excluding diaryl/α,β-unsaturated/α-hetero) is 1. The Morgan fingerprint density at radius 1 is 0.857 bits per heavy atom. The highest BCUT2D eigenvalue weighted by Gasteiger charge is 2.26. The van der Waals surface area contributed by atoms with Crippen molar-refractivity contribution >= 4 is 34.5 Å². The number of ether oxygens (including phenoxy) is 1. The highest BCUT2D eigenvalue weighted by molar-refractivity contribution is 6.47. The predicted octanol–water partition coefficient (Wildman–Crippen LogP) is 7.01. The van der Waals surface area contributed by atoms with E-state index in [1.807, 2.05) is 30.3 Å². The Kier molecular flexibility index (Phi) is 6.04. The van der Waals surface area contributed by atoms with Crippen molar-refractivity contribution in [3.05, 3.63) is 120 Å². The molecule has 0 aliphatic rings. The molecule has 5 aromatic rings. The van der Waals surface area contributed by atoms with E-state index in [2.05, 4.69) is 5.32 Å². The average Bonchev–Trinajstić information content (AvgIpc) is 3.26. The maximum atomic E-state index is 13.5. The highest BCUT2D eigenvalue weighted by atomic mass is 35.5. The summed E-state index contributed by atoms with van der Waals surface area (Å²) >= 11 is 6.15. The number of carbonyl (C=O) groups excluding carboxylic acids is 2. The molecule has 0 spiro atoms. The van der Waals surface area contributed by atoms with Crippen LogP contribution in [0.25, 0.3) is 16.6 Å². The standard InChI is InChI=1S/C28H18ClFN2O3/c29-19-11-14-25(35-22-7-2-1-3-8-22)24(16-19)31-28(34)27(33)26-23(18-9-12-20(30)13-10-18)17-21-6-4-5-15-32(21)26/h1-17H,(H,31,34). The van der Waals surface area contributed by atoms with E-state index in [0.717, 1.165) is 5.52 Å². The van der Waals surface area contributed by atoms with E-state index >= 15 is 0 Å². The molecular formula is C28H18ClFN2O3. The van der Waals surface area contributed by atoms with E-state index in [1.54, 1.807) is 59.1 Å². The number of hydrogen-bond acceptors (Lipinski definition) is 3. The van der Waals surface area contributed by atoms with E-state index in [0.29, 0.717) is 27.6 Å². The lowest BCUT2D eigenvalue weighted by atomic mass is 10.0. The van der Waals surface area contributed by atoms with Gasteiger partial charge in [0.05, 0.1) is 5.69 Å². The molecule has 7 heteroatoms. The lowest BCUT2D eigenvalue weighted by Gasteiger charge is -2.13. The molecule has 5 rings (SSSR count). The number of anilines is 1. The molecule has 1 N–H and O–H groups in total. The Labute approximate surface area is 205 Å². The van der Waals surface area contributed by atoms with Gasteiger partial charge in [-0.15, -0.1) is 0 Å². The van der Waals surface area contributed by atoms with Crippen LogP contribution in [0.15, 0.2) is 103 Å². The van der Waals surface area contributed by atoms with Gasteiger partial charge in [-0.1, -0.05) is 48.0 Å². The summed E-state index contributed by atoms with van der Waals surface area (Å²) in [5.41, 5.74) is 2.27. The Hall–Kier alpha value is -4.42. The highest BCUT2D eigenvalue weighted by Crippen LogP contribution is 2.33. The second kappa shape index (κ2) is 9.44. The molecule has 5 nitrogen and oxygen atoms in total. The van der Waals surface area contributed by atoms with E-state index < -0.39 is 17.5 Å². The van der Waals surface area contributed by atoms with Crippen molar-refractivity contribution in [1.29, 1.82) is 0 Å². The molecule has 2 aromatic heterocycles. The molecule has 0 bridgehead atoms. The van der Waals surface area contributed by atoms with Crippen LogP contribution in [0.1, 0.15) is 10.5 Å². The average molecular weight is 485 g/mol. The van der Waals surface area contributed by atoms with Gasteiger partial charge in [-0.05, 0) is 66.2 Å². The van der Waals surface area contributed by atoms with Crippen molar-refractivity contribution < 1.29 is 18.7 Å². The second-order valence-electron chi connectivity index (χ2n) is 7.75. The number of halogens is 2. The first kappa shape index (κ1) is 22.4.